The minimum atomic E-state index is -0.512. The van der Waals surface area contributed by atoms with Crippen molar-refractivity contribution in [3.8, 4) is 0 Å². The first-order valence-corrected chi connectivity index (χ1v) is 10.6. The van der Waals surface area contributed by atoms with Crippen LogP contribution in [0.3, 0.4) is 0 Å². The van der Waals surface area contributed by atoms with Gasteiger partial charge >= 0.3 is 0 Å². The van der Waals surface area contributed by atoms with E-state index in [9.17, 15) is 4.79 Å². The molecule has 154 valence electrons. The van der Waals surface area contributed by atoms with Crippen LogP contribution >= 0.6 is 0 Å². The SMILES string of the molecule is CC1(C)OCC2(CO1)CC1=CC(=O)CC3CC4(COC(C)(C)OC4)CC3=C1C2. The molecular formula is C23H32O5. The molecule has 2 saturated heterocycles. The summed E-state index contributed by atoms with van der Waals surface area (Å²) in [5, 5.41) is 0. The average Bonchev–Trinajstić information content (AvgIpc) is 3.11. The Balaban J connectivity index is 1.44. The zero-order chi connectivity index (χ0) is 19.8. The summed E-state index contributed by atoms with van der Waals surface area (Å²) in [6.07, 6.45) is 6.35. The molecule has 0 N–H and O–H groups in total. The zero-order valence-corrected chi connectivity index (χ0v) is 17.6. The third kappa shape index (κ3) is 3.20. The summed E-state index contributed by atoms with van der Waals surface area (Å²) in [4.78, 5) is 12.7. The predicted octanol–water partition coefficient (Wildman–Crippen LogP) is 3.92. The molecule has 0 aromatic carbocycles. The number of rotatable bonds is 0. The molecule has 2 heterocycles. The Labute approximate surface area is 167 Å². The molecule has 5 rings (SSSR count). The first-order chi connectivity index (χ1) is 13.1. The Morgan fingerprint density at radius 2 is 1.39 bits per heavy atom. The molecule has 4 fully saturated rings. The molecule has 5 aliphatic rings. The highest BCUT2D eigenvalue weighted by Crippen LogP contribution is 2.57. The smallest absolute Gasteiger partial charge is 0.162 e. The highest BCUT2D eigenvalue weighted by Gasteiger charge is 2.52. The molecule has 0 bridgehead atoms. The number of carbonyl (C=O) groups excluding carboxylic acids is 1. The van der Waals surface area contributed by atoms with E-state index < -0.39 is 11.6 Å². The first-order valence-electron chi connectivity index (χ1n) is 10.6. The van der Waals surface area contributed by atoms with Crippen LogP contribution in [0.25, 0.3) is 0 Å². The van der Waals surface area contributed by atoms with Crippen molar-refractivity contribution in [1.29, 1.82) is 0 Å². The molecule has 2 aliphatic heterocycles. The lowest BCUT2D eigenvalue weighted by Crippen LogP contribution is -2.45. The fraction of sp³-hybridized carbons (Fsp3) is 0.783. The number of hydrogen-bond donors (Lipinski definition) is 0. The predicted molar refractivity (Wildman–Crippen MR) is 104 cm³/mol. The van der Waals surface area contributed by atoms with Crippen molar-refractivity contribution in [2.24, 2.45) is 16.7 Å². The monoisotopic (exact) mass is 388 g/mol. The van der Waals surface area contributed by atoms with Crippen LogP contribution < -0.4 is 0 Å². The van der Waals surface area contributed by atoms with Gasteiger partial charge in [0.2, 0.25) is 0 Å². The Kier molecular flexibility index (Phi) is 4.07. The van der Waals surface area contributed by atoms with Gasteiger partial charge in [-0.05, 0) is 76.5 Å². The summed E-state index contributed by atoms with van der Waals surface area (Å²) in [6.45, 7) is 10.7. The van der Waals surface area contributed by atoms with Gasteiger partial charge in [0.15, 0.2) is 17.4 Å². The second-order valence-electron chi connectivity index (χ2n) is 10.7. The van der Waals surface area contributed by atoms with Crippen molar-refractivity contribution in [3.05, 3.63) is 22.8 Å². The van der Waals surface area contributed by atoms with Crippen LogP contribution in [0.15, 0.2) is 22.8 Å². The molecule has 5 heteroatoms. The molecule has 2 spiro atoms. The van der Waals surface area contributed by atoms with E-state index >= 15 is 0 Å². The number of carbonyl (C=O) groups is 1. The molecule has 3 aliphatic carbocycles. The van der Waals surface area contributed by atoms with E-state index in [1.54, 1.807) is 0 Å². The minimum Gasteiger partial charge on any atom is -0.350 e. The van der Waals surface area contributed by atoms with Gasteiger partial charge < -0.3 is 18.9 Å². The van der Waals surface area contributed by atoms with Crippen LogP contribution in [0.2, 0.25) is 0 Å². The number of ketones is 1. The second-order valence-corrected chi connectivity index (χ2v) is 10.7. The van der Waals surface area contributed by atoms with Crippen molar-refractivity contribution >= 4 is 5.78 Å². The Hall–Kier alpha value is -1.01. The molecule has 0 radical (unpaired) electrons. The maximum Gasteiger partial charge on any atom is 0.162 e. The second kappa shape index (κ2) is 6.00. The van der Waals surface area contributed by atoms with Gasteiger partial charge in [-0.2, -0.15) is 0 Å². The average molecular weight is 389 g/mol. The highest BCUT2D eigenvalue weighted by atomic mass is 16.7. The normalized spacial score (nSPS) is 34.9. The largest absolute Gasteiger partial charge is 0.350 e. The topological polar surface area (TPSA) is 54.0 Å². The van der Waals surface area contributed by atoms with Crippen LogP contribution in [0.5, 0.6) is 0 Å². The standard InChI is InChI=1S/C23H32O5/c1-20(2)25-11-22(12-26-20)7-15-5-17(24)6-16-8-23(10-19(16)18(15)9-22)13-27-21(3,4)28-14-23/h5,16H,6-14H2,1-4H3. The van der Waals surface area contributed by atoms with Crippen molar-refractivity contribution in [2.75, 3.05) is 26.4 Å². The molecule has 28 heavy (non-hydrogen) atoms. The summed E-state index contributed by atoms with van der Waals surface area (Å²) in [7, 11) is 0. The van der Waals surface area contributed by atoms with Crippen LogP contribution in [0, 0.1) is 16.7 Å². The van der Waals surface area contributed by atoms with E-state index in [1.165, 1.54) is 16.7 Å². The van der Waals surface area contributed by atoms with Crippen LogP contribution in [0.4, 0.5) is 0 Å². The van der Waals surface area contributed by atoms with Gasteiger partial charge in [0.1, 0.15) is 0 Å². The van der Waals surface area contributed by atoms with E-state index in [4.69, 9.17) is 18.9 Å². The summed E-state index contributed by atoms with van der Waals surface area (Å²) < 4.78 is 24.1. The molecule has 1 atom stereocenters. The molecule has 5 nitrogen and oxygen atoms in total. The van der Waals surface area contributed by atoms with Gasteiger partial charge in [0.05, 0.1) is 26.4 Å². The number of ether oxygens (including phenoxy) is 4. The minimum absolute atomic E-state index is 0.0164. The number of fused-ring (bicyclic) bond motifs is 2. The molecule has 0 amide bonds. The third-order valence-electron chi connectivity index (χ3n) is 7.32. The number of allylic oxidation sites excluding steroid dienone is 4. The summed E-state index contributed by atoms with van der Waals surface area (Å²) >= 11 is 0. The molecule has 0 aromatic rings. The molecule has 0 aromatic heterocycles. The summed E-state index contributed by atoms with van der Waals surface area (Å²) in [6, 6.07) is 0. The lowest BCUT2D eigenvalue weighted by molar-refractivity contribution is -0.284. The van der Waals surface area contributed by atoms with Gasteiger partial charge in [-0.1, -0.05) is 5.57 Å². The molecular weight excluding hydrogens is 356 g/mol. The lowest BCUT2D eigenvalue weighted by atomic mass is 9.85. The highest BCUT2D eigenvalue weighted by molar-refractivity contribution is 5.92. The van der Waals surface area contributed by atoms with Gasteiger partial charge in [-0.15, -0.1) is 0 Å². The quantitative estimate of drug-likeness (QED) is 0.629. The van der Waals surface area contributed by atoms with E-state index in [1.807, 2.05) is 33.8 Å². The van der Waals surface area contributed by atoms with Crippen LogP contribution in [-0.4, -0.2) is 43.8 Å². The van der Waals surface area contributed by atoms with E-state index in [0.29, 0.717) is 38.8 Å². The zero-order valence-electron chi connectivity index (χ0n) is 17.6. The Morgan fingerprint density at radius 3 is 2.00 bits per heavy atom. The van der Waals surface area contributed by atoms with Crippen LogP contribution in [-0.2, 0) is 23.7 Å². The Morgan fingerprint density at radius 1 is 0.821 bits per heavy atom. The molecule has 1 unspecified atom stereocenters. The summed E-state index contributed by atoms with van der Waals surface area (Å²) in [5.41, 5.74) is 4.10. The van der Waals surface area contributed by atoms with E-state index in [-0.39, 0.29) is 16.6 Å². The van der Waals surface area contributed by atoms with E-state index in [2.05, 4.69) is 0 Å². The van der Waals surface area contributed by atoms with Crippen molar-refractivity contribution < 1.29 is 23.7 Å². The lowest BCUT2D eigenvalue weighted by Gasteiger charge is -2.41. The maximum absolute atomic E-state index is 12.7. The van der Waals surface area contributed by atoms with Crippen molar-refractivity contribution in [3.63, 3.8) is 0 Å². The first kappa shape index (κ1) is 19.0. The van der Waals surface area contributed by atoms with Gasteiger partial charge in [-0.3, -0.25) is 4.79 Å². The van der Waals surface area contributed by atoms with Gasteiger partial charge in [-0.25, -0.2) is 0 Å². The third-order valence-corrected chi connectivity index (χ3v) is 7.32. The fourth-order valence-electron chi connectivity index (χ4n) is 5.73. The summed E-state index contributed by atoms with van der Waals surface area (Å²) in [5.74, 6) is -0.434. The molecule has 2 saturated carbocycles. The van der Waals surface area contributed by atoms with E-state index in [0.717, 1.165) is 25.7 Å². The number of hydrogen-bond acceptors (Lipinski definition) is 5. The van der Waals surface area contributed by atoms with Crippen LogP contribution in [0.1, 0.15) is 59.8 Å². The maximum atomic E-state index is 12.7. The Bertz CT molecular complexity index is 752. The van der Waals surface area contributed by atoms with Gasteiger partial charge in [0.25, 0.3) is 0 Å². The van der Waals surface area contributed by atoms with Gasteiger partial charge in [0, 0.05) is 17.3 Å². The fourth-order valence-corrected chi connectivity index (χ4v) is 5.73. The van der Waals surface area contributed by atoms with Crippen molar-refractivity contribution in [1.82, 2.24) is 0 Å². The van der Waals surface area contributed by atoms with Crippen molar-refractivity contribution in [2.45, 2.75) is 71.4 Å².